The highest BCUT2D eigenvalue weighted by Crippen LogP contribution is 2.15. The molecule has 1 aromatic carbocycles. The molecule has 0 aliphatic rings. The van der Waals surface area contributed by atoms with Crippen molar-refractivity contribution >= 4 is 17.5 Å². The second-order valence-electron chi connectivity index (χ2n) is 5.61. The highest BCUT2D eigenvalue weighted by molar-refractivity contribution is 6.30. The van der Waals surface area contributed by atoms with E-state index in [4.69, 9.17) is 11.6 Å². The molecule has 0 aliphatic carbocycles. The third kappa shape index (κ3) is 5.22. The van der Waals surface area contributed by atoms with Crippen molar-refractivity contribution in [3.63, 3.8) is 0 Å². The molecule has 3 heteroatoms. The van der Waals surface area contributed by atoms with E-state index in [1.54, 1.807) is 4.90 Å². The van der Waals surface area contributed by atoms with Crippen molar-refractivity contribution in [3.8, 4) is 0 Å². The normalized spacial score (nSPS) is 11.4. The average Bonchev–Trinajstić information content (AvgIpc) is 2.19. The van der Waals surface area contributed by atoms with Crippen LogP contribution in [0, 0.1) is 5.41 Å². The van der Waals surface area contributed by atoms with Crippen LogP contribution in [0.4, 0.5) is 0 Å². The van der Waals surface area contributed by atoms with Crippen LogP contribution in [-0.4, -0.2) is 24.4 Å². The maximum absolute atomic E-state index is 12.0. The molecule has 0 saturated carbocycles. The Morgan fingerprint density at radius 3 is 2.24 bits per heavy atom. The summed E-state index contributed by atoms with van der Waals surface area (Å²) in [6.45, 7) is 7.14. The van der Waals surface area contributed by atoms with Crippen LogP contribution in [0.25, 0.3) is 0 Å². The molecule has 0 fully saturated rings. The van der Waals surface area contributed by atoms with Gasteiger partial charge in [0.25, 0.3) is 0 Å². The van der Waals surface area contributed by atoms with Crippen molar-refractivity contribution in [2.24, 2.45) is 5.41 Å². The first kappa shape index (κ1) is 14.0. The number of hydrogen-bond donors (Lipinski definition) is 0. The number of halogens is 1. The molecule has 0 saturated heterocycles. The average molecular weight is 254 g/mol. The van der Waals surface area contributed by atoms with E-state index in [2.05, 4.69) is 20.8 Å². The predicted octanol–water partition coefficient (Wildman–Crippen LogP) is 3.39. The van der Waals surface area contributed by atoms with Gasteiger partial charge in [0.15, 0.2) is 0 Å². The van der Waals surface area contributed by atoms with Crippen LogP contribution >= 0.6 is 11.6 Å². The zero-order chi connectivity index (χ0) is 13.1. The summed E-state index contributed by atoms with van der Waals surface area (Å²) in [4.78, 5) is 13.8. The minimum absolute atomic E-state index is 0.129. The van der Waals surface area contributed by atoms with E-state index in [0.717, 1.165) is 12.1 Å². The van der Waals surface area contributed by atoms with Crippen molar-refractivity contribution in [3.05, 3.63) is 34.9 Å². The summed E-state index contributed by atoms with van der Waals surface area (Å²) in [6.07, 6.45) is 0.434. The van der Waals surface area contributed by atoms with E-state index in [-0.39, 0.29) is 11.3 Å². The van der Waals surface area contributed by atoms with Crippen molar-refractivity contribution in [1.29, 1.82) is 0 Å². The zero-order valence-electron chi connectivity index (χ0n) is 11.0. The van der Waals surface area contributed by atoms with E-state index in [0.29, 0.717) is 11.4 Å². The number of nitrogens with zero attached hydrogens (tertiary/aromatic N) is 1. The fraction of sp³-hybridized carbons (Fsp3) is 0.500. The monoisotopic (exact) mass is 253 g/mol. The Hall–Kier alpha value is -1.02. The van der Waals surface area contributed by atoms with Crippen LogP contribution in [0.15, 0.2) is 24.3 Å². The zero-order valence-corrected chi connectivity index (χ0v) is 11.7. The molecule has 1 aromatic rings. The summed E-state index contributed by atoms with van der Waals surface area (Å²) in [5.74, 6) is 0.141. The van der Waals surface area contributed by atoms with Crippen LogP contribution < -0.4 is 0 Å². The maximum atomic E-state index is 12.0. The Morgan fingerprint density at radius 1 is 1.24 bits per heavy atom. The Morgan fingerprint density at radius 2 is 1.76 bits per heavy atom. The maximum Gasteiger partial charge on any atom is 0.226 e. The van der Waals surface area contributed by atoms with Crippen LogP contribution in [0.2, 0.25) is 5.02 Å². The Bertz CT molecular complexity index is 378. The van der Waals surface area contributed by atoms with Gasteiger partial charge < -0.3 is 4.90 Å². The quantitative estimate of drug-likeness (QED) is 0.809. The third-order valence-electron chi connectivity index (χ3n) is 2.41. The number of benzene rings is 1. The summed E-state index contributed by atoms with van der Waals surface area (Å²) in [7, 11) is 1.85. The topological polar surface area (TPSA) is 20.3 Å². The van der Waals surface area contributed by atoms with Gasteiger partial charge in [-0.25, -0.2) is 0 Å². The Balaban J connectivity index is 2.57. The first-order valence-electron chi connectivity index (χ1n) is 5.76. The molecular formula is C14H20ClNO. The predicted molar refractivity (Wildman–Crippen MR) is 72.2 cm³/mol. The molecule has 0 unspecified atom stereocenters. The largest absolute Gasteiger partial charge is 0.345 e. The van der Waals surface area contributed by atoms with Gasteiger partial charge in [0.05, 0.1) is 6.42 Å². The van der Waals surface area contributed by atoms with Crippen molar-refractivity contribution in [1.82, 2.24) is 4.90 Å². The van der Waals surface area contributed by atoms with Crippen LogP contribution in [0.1, 0.15) is 26.3 Å². The van der Waals surface area contributed by atoms with E-state index < -0.39 is 0 Å². The molecule has 0 bridgehead atoms. The molecule has 2 nitrogen and oxygen atoms in total. The van der Waals surface area contributed by atoms with Gasteiger partial charge in [-0.05, 0) is 23.1 Å². The molecule has 0 spiro atoms. The molecular weight excluding hydrogens is 234 g/mol. The van der Waals surface area contributed by atoms with Gasteiger partial charge in [-0.2, -0.15) is 0 Å². The molecule has 1 rings (SSSR count). The first-order valence-corrected chi connectivity index (χ1v) is 6.14. The van der Waals surface area contributed by atoms with Gasteiger partial charge in [0.1, 0.15) is 0 Å². The molecule has 1 amide bonds. The summed E-state index contributed by atoms with van der Waals surface area (Å²) in [5.41, 5.74) is 1.13. The standard InChI is InChI=1S/C14H20ClNO/c1-14(2,3)10-16(4)13(17)9-11-5-7-12(15)8-6-11/h5-8H,9-10H2,1-4H3. The Labute approximate surface area is 109 Å². The van der Waals surface area contributed by atoms with Crippen molar-refractivity contribution < 1.29 is 4.79 Å². The van der Waals surface area contributed by atoms with E-state index >= 15 is 0 Å². The summed E-state index contributed by atoms with van der Waals surface area (Å²) < 4.78 is 0. The van der Waals surface area contributed by atoms with E-state index in [9.17, 15) is 4.79 Å². The number of rotatable bonds is 3. The van der Waals surface area contributed by atoms with E-state index in [1.807, 2.05) is 31.3 Å². The molecule has 0 radical (unpaired) electrons. The smallest absolute Gasteiger partial charge is 0.226 e. The first-order chi connectivity index (χ1) is 7.78. The second kappa shape index (κ2) is 5.54. The van der Waals surface area contributed by atoms with Gasteiger partial charge in [-0.15, -0.1) is 0 Å². The molecule has 0 aromatic heterocycles. The van der Waals surface area contributed by atoms with E-state index in [1.165, 1.54) is 0 Å². The highest BCUT2D eigenvalue weighted by atomic mass is 35.5. The number of amides is 1. The van der Waals surface area contributed by atoms with Gasteiger partial charge >= 0.3 is 0 Å². The summed E-state index contributed by atoms with van der Waals surface area (Å²) in [6, 6.07) is 7.41. The lowest BCUT2D eigenvalue weighted by atomic mass is 9.96. The van der Waals surface area contributed by atoms with Crippen molar-refractivity contribution in [2.45, 2.75) is 27.2 Å². The number of carbonyl (C=O) groups is 1. The van der Waals surface area contributed by atoms with Crippen LogP contribution in [0.5, 0.6) is 0 Å². The highest BCUT2D eigenvalue weighted by Gasteiger charge is 2.17. The molecule has 17 heavy (non-hydrogen) atoms. The van der Waals surface area contributed by atoms with Gasteiger partial charge in [-0.3, -0.25) is 4.79 Å². The summed E-state index contributed by atoms with van der Waals surface area (Å²) in [5, 5.41) is 0.698. The lowest BCUT2D eigenvalue weighted by molar-refractivity contribution is -0.130. The molecule has 0 aliphatic heterocycles. The molecule has 0 N–H and O–H groups in total. The SMILES string of the molecule is CN(CC(C)(C)C)C(=O)Cc1ccc(Cl)cc1. The molecule has 94 valence electrons. The Kier molecular flexibility index (Phi) is 4.58. The van der Waals surface area contributed by atoms with Gasteiger partial charge in [0, 0.05) is 18.6 Å². The van der Waals surface area contributed by atoms with Crippen molar-refractivity contribution in [2.75, 3.05) is 13.6 Å². The third-order valence-corrected chi connectivity index (χ3v) is 2.66. The van der Waals surface area contributed by atoms with Gasteiger partial charge in [0.2, 0.25) is 5.91 Å². The summed E-state index contributed by atoms with van der Waals surface area (Å²) >= 11 is 5.80. The fourth-order valence-electron chi connectivity index (χ4n) is 1.71. The molecule has 0 atom stereocenters. The second-order valence-corrected chi connectivity index (χ2v) is 6.05. The molecule has 0 heterocycles. The lowest BCUT2D eigenvalue weighted by Crippen LogP contribution is -2.35. The van der Waals surface area contributed by atoms with Crippen LogP contribution in [0.3, 0.4) is 0 Å². The number of likely N-dealkylation sites (N-methyl/N-ethyl adjacent to an activating group) is 1. The van der Waals surface area contributed by atoms with Crippen LogP contribution in [-0.2, 0) is 11.2 Å². The van der Waals surface area contributed by atoms with Gasteiger partial charge in [-0.1, -0.05) is 44.5 Å². The minimum atomic E-state index is 0.129. The fourth-order valence-corrected chi connectivity index (χ4v) is 1.84. The minimum Gasteiger partial charge on any atom is -0.345 e. The number of carbonyl (C=O) groups excluding carboxylic acids is 1. The number of hydrogen-bond acceptors (Lipinski definition) is 1. The lowest BCUT2D eigenvalue weighted by Gasteiger charge is -2.26.